The van der Waals surface area contributed by atoms with E-state index in [0.29, 0.717) is 11.3 Å². The lowest BCUT2D eigenvalue weighted by Crippen LogP contribution is -2.16. The molecule has 1 N–H and O–H groups in total. The van der Waals surface area contributed by atoms with E-state index in [4.69, 9.17) is 0 Å². The molecule has 1 aliphatic carbocycles. The molecule has 0 unspecified atom stereocenters. The Morgan fingerprint density at radius 2 is 2.00 bits per heavy atom. The van der Waals surface area contributed by atoms with Crippen LogP contribution in [0.4, 0.5) is 10.1 Å². The van der Waals surface area contributed by atoms with Gasteiger partial charge in [-0.15, -0.1) is 16.4 Å². The summed E-state index contributed by atoms with van der Waals surface area (Å²) in [6.45, 7) is 0. The molecule has 0 bridgehead atoms. The molecule has 6 nitrogen and oxygen atoms in total. The second-order valence-electron chi connectivity index (χ2n) is 5.61. The number of carbonyl (C=O) groups is 1. The van der Waals surface area contributed by atoms with Gasteiger partial charge in [-0.3, -0.25) is 4.79 Å². The number of halogens is 1. The molecule has 0 saturated heterocycles. The number of rotatable bonds is 3. The molecule has 0 fully saturated rings. The summed E-state index contributed by atoms with van der Waals surface area (Å²) in [5.74, 6) is -0.554. The molecular weight excluding hydrogens is 329 g/mol. The minimum absolute atomic E-state index is 0.216. The Labute approximate surface area is 141 Å². The van der Waals surface area contributed by atoms with Gasteiger partial charge in [0.25, 0.3) is 5.91 Å². The fourth-order valence-corrected chi connectivity index (χ4v) is 4.23. The zero-order chi connectivity index (χ0) is 16.5. The molecule has 0 atom stereocenters. The van der Waals surface area contributed by atoms with Gasteiger partial charge in [0.2, 0.25) is 0 Å². The first-order valence-corrected chi connectivity index (χ1v) is 8.49. The van der Waals surface area contributed by atoms with E-state index in [-0.39, 0.29) is 11.7 Å². The maximum Gasteiger partial charge on any atom is 0.259 e. The molecule has 1 aliphatic rings. The lowest BCUT2D eigenvalue weighted by atomic mass is 9.95. The molecule has 0 radical (unpaired) electrons. The highest BCUT2D eigenvalue weighted by atomic mass is 32.1. The Kier molecular flexibility index (Phi) is 3.81. The third-order valence-corrected chi connectivity index (χ3v) is 5.32. The van der Waals surface area contributed by atoms with Crippen molar-refractivity contribution in [2.45, 2.75) is 25.7 Å². The minimum Gasteiger partial charge on any atom is -0.322 e. The molecule has 8 heteroatoms. The Bertz CT molecular complexity index is 873. The zero-order valence-electron chi connectivity index (χ0n) is 12.7. The molecule has 0 aliphatic heterocycles. The average Bonchev–Trinajstić information content (AvgIpc) is 3.23. The van der Waals surface area contributed by atoms with Gasteiger partial charge in [-0.25, -0.2) is 4.39 Å². The van der Waals surface area contributed by atoms with Crippen molar-refractivity contribution in [3.05, 3.63) is 52.4 Å². The summed E-state index contributed by atoms with van der Waals surface area (Å²) in [7, 11) is 0. The van der Waals surface area contributed by atoms with E-state index in [0.717, 1.165) is 36.2 Å². The van der Waals surface area contributed by atoms with Gasteiger partial charge in [0, 0.05) is 10.6 Å². The lowest BCUT2D eigenvalue weighted by Gasteiger charge is -2.13. The number of tetrazole rings is 1. The summed E-state index contributed by atoms with van der Waals surface area (Å²) < 4.78 is 14.6. The highest BCUT2D eigenvalue weighted by Gasteiger charge is 2.27. The highest BCUT2D eigenvalue weighted by Crippen LogP contribution is 2.36. The quantitative estimate of drug-likeness (QED) is 0.793. The van der Waals surface area contributed by atoms with Crippen LogP contribution in [-0.2, 0) is 12.8 Å². The van der Waals surface area contributed by atoms with Crippen molar-refractivity contribution in [3.8, 4) is 5.00 Å². The van der Waals surface area contributed by atoms with E-state index in [1.807, 2.05) is 0 Å². The zero-order valence-corrected chi connectivity index (χ0v) is 13.5. The molecule has 4 rings (SSSR count). The van der Waals surface area contributed by atoms with Crippen molar-refractivity contribution in [2.24, 2.45) is 0 Å². The van der Waals surface area contributed by atoms with Crippen LogP contribution in [0.25, 0.3) is 5.00 Å². The number of aromatic nitrogens is 4. The molecule has 122 valence electrons. The monoisotopic (exact) mass is 343 g/mol. The fourth-order valence-electron chi connectivity index (χ4n) is 2.93. The first-order chi connectivity index (χ1) is 11.7. The molecule has 2 heterocycles. The predicted octanol–water partition coefficient (Wildman–Crippen LogP) is 2.99. The van der Waals surface area contributed by atoms with Crippen LogP contribution in [-0.4, -0.2) is 26.1 Å². The molecular formula is C16H14FN5OS. The van der Waals surface area contributed by atoms with Crippen molar-refractivity contribution in [1.29, 1.82) is 0 Å². The van der Waals surface area contributed by atoms with Gasteiger partial charge < -0.3 is 5.32 Å². The first-order valence-electron chi connectivity index (χ1n) is 7.67. The third kappa shape index (κ3) is 2.69. The number of nitrogens with one attached hydrogen (secondary N) is 1. The van der Waals surface area contributed by atoms with E-state index in [9.17, 15) is 9.18 Å². The van der Waals surface area contributed by atoms with E-state index in [2.05, 4.69) is 20.8 Å². The summed E-state index contributed by atoms with van der Waals surface area (Å²) in [5, 5.41) is 14.8. The normalized spacial score (nSPS) is 13.5. The summed E-state index contributed by atoms with van der Waals surface area (Å²) in [6.07, 6.45) is 5.53. The fraction of sp³-hybridized carbons (Fsp3) is 0.250. The second kappa shape index (κ2) is 6.12. The van der Waals surface area contributed by atoms with Gasteiger partial charge >= 0.3 is 0 Å². The molecule has 0 saturated carbocycles. The van der Waals surface area contributed by atoms with Crippen LogP contribution in [0, 0.1) is 5.82 Å². The van der Waals surface area contributed by atoms with Crippen LogP contribution in [0.3, 0.4) is 0 Å². The van der Waals surface area contributed by atoms with E-state index in [1.165, 1.54) is 28.0 Å². The largest absolute Gasteiger partial charge is 0.322 e. The highest BCUT2D eigenvalue weighted by molar-refractivity contribution is 7.15. The minimum atomic E-state index is -0.338. The summed E-state index contributed by atoms with van der Waals surface area (Å²) >= 11 is 1.56. The number of nitrogens with zero attached hydrogens (tertiary/aromatic N) is 4. The average molecular weight is 343 g/mol. The summed E-state index contributed by atoms with van der Waals surface area (Å²) in [5.41, 5.74) is 2.25. The number of benzene rings is 1. The molecule has 24 heavy (non-hydrogen) atoms. The predicted molar refractivity (Wildman–Crippen MR) is 88.0 cm³/mol. The van der Waals surface area contributed by atoms with Crippen LogP contribution in [0.5, 0.6) is 0 Å². The van der Waals surface area contributed by atoms with Crippen LogP contribution in [0.1, 0.15) is 33.6 Å². The molecule has 2 aromatic heterocycles. The Hall–Kier alpha value is -2.61. The molecule has 0 spiro atoms. The van der Waals surface area contributed by atoms with Crippen LogP contribution >= 0.6 is 11.3 Å². The molecule has 1 amide bonds. The Morgan fingerprint density at radius 3 is 2.75 bits per heavy atom. The third-order valence-electron chi connectivity index (χ3n) is 4.04. The standard InChI is InChI=1S/C16H14FN5OS/c17-10-5-7-11(8-6-10)19-15(23)14-12-3-1-2-4-13(12)24-16(14)22-9-18-20-21-22/h5-9H,1-4H2,(H,19,23). The smallest absolute Gasteiger partial charge is 0.259 e. The summed E-state index contributed by atoms with van der Waals surface area (Å²) in [6, 6.07) is 5.73. The van der Waals surface area contributed by atoms with Crippen LogP contribution in [0.15, 0.2) is 30.6 Å². The Balaban J connectivity index is 1.74. The van der Waals surface area contributed by atoms with Crippen LogP contribution in [0.2, 0.25) is 0 Å². The topological polar surface area (TPSA) is 72.7 Å². The number of thiophene rings is 1. The van der Waals surface area contributed by atoms with Crippen molar-refractivity contribution in [2.75, 3.05) is 5.32 Å². The van der Waals surface area contributed by atoms with Crippen molar-refractivity contribution < 1.29 is 9.18 Å². The maximum absolute atomic E-state index is 13.0. The number of amides is 1. The van der Waals surface area contributed by atoms with Gasteiger partial charge in [0.1, 0.15) is 17.1 Å². The van der Waals surface area contributed by atoms with Gasteiger partial charge in [-0.1, -0.05) is 0 Å². The first kappa shape index (κ1) is 14.9. The van der Waals surface area contributed by atoms with E-state index < -0.39 is 0 Å². The molecule has 3 aromatic rings. The molecule has 1 aromatic carbocycles. The Morgan fingerprint density at radius 1 is 1.21 bits per heavy atom. The van der Waals surface area contributed by atoms with Gasteiger partial charge in [0.15, 0.2) is 0 Å². The second-order valence-corrected chi connectivity index (χ2v) is 6.69. The van der Waals surface area contributed by atoms with Crippen molar-refractivity contribution >= 4 is 22.9 Å². The van der Waals surface area contributed by atoms with E-state index >= 15 is 0 Å². The van der Waals surface area contributed by atoms with Crippen molar-refractivity contribution in [1.82, 2.24) is 20.2 Å². The van der Waals surface area contributed by atoms with Gasteiger partial charge in [-0.2, -0.15) is 4.68 Å². The number of hydrogen-bond acceptors (Lipinski definition) is 5. The van der Waals surface area contributed by atoms with Crippen molar-refractivity contribution in [3.63, 3.8) is 0 Å². The number of fused-ring (bicyclic) bond motifs is 1. The van der Waals surface area contributed by atoms with Gasteiger partial charge in [0.05, 0.1) is 5.56 Å². The number of anilines is 1. The van der Waals surface area contributed by atoms with Crippen LogP contribution < -0.4 is 5.32 Å². The maximum atomic E-state index is 13.0. The summed E-state index contributed by atoms with van der Waals surface area (Å²) in [4.78, 5) is 14.1. The number of hydrogen-bond donors (Lipinski definition) is 1. The van der Waals surface area contributed by atoms with E-state index in [1.54, 1.807) is 23.5 Å². The lowest BCUT2D eigenvalue weighted by molar-refractivity contribution is 0.102. The van der Waals surface area contributed by atoms with Gasteiger partial charge in [-0.05, 0) is 65.9 Å². The number of aryl methyl sites for hydroxylation is 1. The number of carbonyl (C=O) groups excluding carboxylic acids is 1. The SMILES string of the molecule is O=C(Nc1ccc(F)cc1)c1c(-n2cnnn2)sc2c1CCCC2.